The number of nitriles is 1. The minimum Gasteiger partial charge on any atom is -0.497 e. The van der Waals surface area contributed by atoms with Crippen LogP contribution in [0.1, 0.15) is 31.4 Å². The highest BCUT2D eigenvalue weighted by Crippen LogP contribution is 2.53. The quantitative estimate of drug-likeness (QED) is 0.337. The first-order chi connectivity index (χ1) is 16.0. The smallest absolute Gasteiger partial charge is 0.272 e. The van der Waals surface area contributed by atoms with Gasteiger partial charge in [-0.2, -0.15) is 9.83 Å². The number of hydrogen-bond donors (Lipinski definition) is 0. The van der Waals surface area contributed by atoms with Crippen LogP contribution in [0.15, 0.2) is 55.0 Å². The monoisotopic (exact) mass is 434 g/mol. The van der Waals surface area contributed by atoms with E-state index in [0.717, 1.165) is 16.7 Å². The van der Waals surface area contributed by atoms with E-state index in [1.807, 2.05) is 6.07 Å². The molecule has 4 aromatic rings. The highest BCUT2D eigenvalue weighted by molar-refractivity contribution is 6.04. The SMILES string of the molecule is [C-]#[N+]CC[n+]1cc2c(c3cc(OC)ccc31)-c1ccc3c[n+](CCC#N)ccc3c1C2(C)C. The van der Waals surface area contributed by atoms with Crippen molar-refractivity contribution < 1.29 is 13.9 Å². The van der Waals surface area contributed by atoms with Crippen LogP contribution in [0.5, 0.6) is 5.75 Å². The molecule has 1 aliphatic carbocycles. The van der Waals surface area contributed by atoms with Gasteiger partial charge >= 0.3 is 0 Å². The molecule has 0 bridgehead atoms. The molecule has 2 aromatic carbocycles. The Morgan fingerprint density at radius 2 is 1.94 bits per heavy atom. The van der Waals surface area contributed by atoms with Crippen molar-refractivity contribution in [2.75, 3.05) is 13.7 Å². The summed E-state index contributed by atoms with van der Waals surface area (Å²) in [6.07, 6.45) is 6.97. The number of hydrogen-bond acceptors (Lipinski definition) is 2. The van der Waals surface area contributed by atoms with Crippen LogP contribution in [0.3, 0.4) is 0 Å². The summed E-state index contributed by atoms with van der Waals surface area (Å²) in [4.78, 5) is 3.59. The van der Waals surface area contributed by atoms with Crippen LogP contribution >= 0.6 is 0 Å². The number of fused-ring (bicyclic) bond motifs is 7. The summed E-state index contributed by atoms with van der Waals surface area (Å²) in [6, 6.07) is 15.1. The Kier molecular flexibility index (Phi) is 4.99. The Balaban J connectivity index is 1.80. The molecule has 0 atom stereocenters. The van der Waals surface area contributed by atoms with Crippen LogP contribution in [0, 0.1) is 17.9 Å². The van der Waals surface area contributed by atoms with Gasteiger partial charge in [-0.15, -0.1) is 0 Å². The van der Waals surface area contributed by atoms with Gasteiger partial charge < -0.3 is 9.58 Å². The Morgan fingerprint density at radius 3 is 2.70 bits per heavy atom. The largest absolute Gasteiger partial charge is 0.497 e. The van der Waals surface area contributed by atoms with Crippen LogP contribution in [0.25, 0.3) is 37.6 Å². The third-order valence-electron chi connectivity index (χ3n) is 6.86. The van der Waals surface area contributed by atoms with Crippen LogP contribution in [0.4, 0.5) is 0 Å². The number of aromatic nitrogens is 2. The van der Waals surface area contributed by atoms with Crippen LogP contribution in [-0.4, -0.2) is 13.7 Å². The molecule has 0 radical (unpaired) electrons. The number of pyridine rings is 2. The minimum atomic E-state index is -0.194. The van der Waals surface area contributed by atoms with E-state index in [1.54, 1.807) is 7.11 Å². The Hall–Kier alpha value is -3.96. The molecule has 2 aromatic heterocycles. The van der Waals surface area contributed by atoms with Crippen LogP contribution < -0.4 is 13.9 Å². The summed E-state index contributed by atoms with van der Waals surface area (Å²) < 4.78 is 9.88. The normalized spacial score (nSPS) is 13.4. The molecule has 5 nitrogen and oxygen atoms in total. The molecular weight excluding hydrogens is 408 g/mol. The zero-order valence-corrected chi connectivity index (χ0v) is 19.2. The molecule has 0 N–H and O–H groups in total. The molecule has 1 aliphatic rings. The molecule has 0 amide bonds. The summed E-state index contributed by atoms with van der Waals surface area (Å²) in [6.45, 7) is 13.7. The summed E-state index contributed by atoms with van der Waals surface area (Å²) in [7, 11) is 1.70. The lowest BCUT2D eigenvalue weighted by molar-refractivity contribution is -0.694. The molecule has 0 unspecified atom stereocenters. The van der Waals surface area contributed by atoms with Gasteiger partial charge in [0.15, 0.2) is 25.1 Å². The topological polar surface area (TPSA) is 45.1 Å². The first kappa shape index (κ1) is 20.9. The van der Waals surface area contributed by atoms with E-state index in [0.29, 0.717) is 26.1 Å². The number of rotatable bonds is 5. The second kappa shape index (κ2) is 7.87. The predicted octanol–water partition coefficient (Wildman–Crippen LogP) is 4.72. The minimum absolute atomic E-state index is 0.194. The molecule has 5 rings (SSSR count). The molecular formula is C28H26N4O+2. The van der Waals surface area contributed by atoms with Crippen molar-refractivity contribution in [3.05, 3.63) is 77.5 Å². The van der Waals surface area contributed by atoms with E-state index in [9.17, 15) is 0 Å². The third-order valence-corrected chi connectivity index (χ3v) is 6.86. The Morgan fingerprint density at radius 1 is 1.09 bits per heavy atom. The molecule has 0 aliphatic heterocycles. The van der Waals surface area contributed by atoms with Gasteiger partial charge in [-0.3, -0.25) is 0 Å². The summed E-state index contributed by atoms with van der Waals surface area (Å²) in [5.41, 5.74) is 6.04. The van der Waals surface area contributed by atoms with Crippen molar-refractivity contribution in [1.82, 2.24) is 0 Å². The van der Waals surface area contributed by atoms with Crippen molar-refractivity contribution in [2.45, 2.75) is 38.8 Å². The van der Waals surface area contributed by atoms with Gasteiger partial charge in [0.1, 0.15) is 5.75 Å². The molecule has 162 valence electrons. The summed E-state index contributed by atoms with van der Waals surface area (Å²) in [5.74, 6) is 0.832. The molecule has 0 saturated heterocycles. The van der Waals surface area contributed by atoms with Gasteiger partial charge in [0, 0.05) is 34.1 Å². The van der Waals surface area contributed by atoms with Crippen LogP contribution in [0.2, 0.25) is 0 Å². The number of aryl methyl sites for hydroxylation is 1. The Bertz CT molecular complexity index is 1510. The van der Waals surface area contributed by atoms with Gasteiger partial charge in [0.2, 0.25) is 12.1 Å². The van der Waals surface area contributed by atoms with Crippen molar-refractivity contribution in [2.24, 2.45) is 0 Å². The molecule has 33 heavy (non-hydrogen) atoms. The average Bonchev–Trinajstić information content (AvgIpc) is 3.07. The summed E-state index contributed by atoms with van der Waals surface area (Å²) in [5, 5.41) is 12.5. The fourth-order valence-electron chi connectivity index (χ4n) is 5.29. The van der Waals surface area contributed by atoms with Crippen LogP contribution in [-0.2, 0) is 18.5 Å². The standard InChI is InChI=1S/C28H26N4O/c1-28(2)24-18-32(15-12-30-3)25-9-7-20(33-4)16-23(25)26(24)22-8-6-19-17-31(13-5-11-29)14-10-21(19)27(22)28/h6-10,14,16-18H,5,12-13,15H2,1-2,4H3/q+2. The Labute approximate surface area is 193 Å². The fourth-order valence-corrected chi connectivity index (χ4v) is 5.29. The zero-order valence-electron chi connectivity index (χ0n) is 19.2. The van der Waals surface area contributed by atoms with Crippen molar-refractivity contribution in [3.8, 4) is 22.9 Å². The number of ether oxygens (including phenoxy) is 1. The highest BCUT2D eigenvalue weighted by atomic mass is 16.5. The number of nitrogens with zero attached hydrogens (tertiary/aromatic N) is 4. The van der Waals surface area contributed by atoms with E-state index in [2.05, 4.69) is 82.8 Å². The maximum atomic E-state index is 8.95. The lowest BCUT2D eigenvalue weighted by Gasteiger charge is -2.22. The lowest BCUT2D eigenvalue weighted by atomic mass is 9.81. The molecule has 0 spiro atoms. The zero-order chi connectivity index (χ0) is 23.2. The molecule has 5 heteroatoms. The molecule has 2 heterocycles. The van der Waals surface area contributed by atoms with Gasteiger partial charge in [-0.1, -0.05) is 19.9 Å². The van der Waals surface area contributed by atoms with E-state index in [4.69, 9.17) is 16.6 Å². The average molecular weight is 435 g/mol. The number of methoxy groups -OCH3 is 1. The first-order valence-corrected chi connectivity index (χ1v) is 11.2. The fraction of sp³-hybridized carbons (Fsp3) is 0.286. The second-order valence-corrected chi connectivity index (χ2v) is 9.08. The van der Waals surface area contributed by atoms with Gasteiger partial charge in [-0.05, 0) is 34.7 Å². The van der Waals surface area contributed by atoms with Crippen molar-refractivity contribution in [3.63, 3.8) is 0 Å². The van der Waals surface area contributed by atoms with E-state index in [-0.39, 0.29) is 5.41 Å². The van der Waals surface area contributed by atoms with Gasteiger partial charge in [0.05, 0.1) is 25.0 Å². The maximum Gasteiger partial charge on any atom is 0.272 e. The van der Waals surface area contributed by atoms with E-state index < -0.39 is 0 Å². The predicted molar refractivity (Wildman–Crippen MR) is 128 cm³/mol. The van der Waals surface area contributed by atoms with E-state index in [1.165, 1.54) is 33.0 Å². The molecule has 0 fully saturated rings. The highest BCUT2D eigenvalue weighted by Gasteiger charge is 2.41. The van der Waals surface area contributed by atoms with Gasteiger partial charge in [0.25, 0.3) is 6.54 Å². The lowest BCUT2D eigenvalue weighted by Crippen LogP contribution is -2.37. The maximum absolute atomic E-state index is 8.95. The summed E-state index contributed by atoms with van der Waals surface area (Å²) >= 11 is 0. The third kappa shape index (κ3) is 3.20. The second-order valence-electron chi connectivity index (χ2n) is 9.08. The van der Waals surface area contributed by atoms with Gasteiger partial charge in [-0.25, -0.2) is 11.1 Å². The van der Waals surface area contributed by atoms with Crippen molar-refractivity contribution in [1.29, 1.82) is 5.26 Å². The first-order valence-electron chi connectivity index (χ1n) is 11.2. The van der Waals surface area contributed by atoms with E-state index >= 15 is 0 Å². The van der Waals surface area contributed by atoms with Crippen molar-refractivity contribution >= 4 is 21.7 Å². The number of benzene rings is 2. The molecule has 0 saturated carbocycles.